The molecule has 16 heavy (non-hydrogen) atoms. The van der Waals surface area contributed by atoms with Crippen molar-refractivity contribution in [1.29, 1.82) is 0 Å². The molecule has 0 spiro atoms. The van der Waals surface area contributed by atoms with Crippen LogP contribution in [0, 0.1) is 10.1 Å². The maximum Gasteiger partial charge on any atom is 0.418 e. The average molecular weight is 256 g/mol. The summed E-state index contributed by atoms with van der Waals surface area (Å²) >= 11 is 5.41. The highest BCUT2D eigenvalue weighted by atomic mass is 35.5. The third-order valence-electron chi connectivity index (χ3n) is 1.79. The molecule has 1 aromatic rings. The molecule has 4 nitrogen and oxygen atoms in total. The first-order chi connectivity index (χ1) is 7.23. The standard InChI is InChI=1S/C8H5ClF3NO3/c9-5-2-1-4(3-6(5)13(15)16)7(14)8(10,11)12/h1-3,7,14H/t7-/m1/s1. The second kappa shape index (κ2) is 4.26. The van der Waals surface area contributed by atoms with Crippen LogP contribution in [0.25, 0.3) is 0 Å². The highest BCUT2D eigenvalue weighted by Gasteiger charge is 2.40. The van der Waals surface area contributed by atoms with E-state index in [2.05, 4.69) is 0 Å². The summed E-state index contributed by atoms with van der Waals surface area (Å²) in [5, 5.41) is 19.0. The second-order valence-corrected chi connectivity index (χ2v) is 3.32. The second-order valence-electron chi connectivity index (χ2n) is 2.91. The Morgan fingerprint density at radius 3 is 2.44 bits per heavy atom. The van der Waals surface area contributed by atoms with Gasteiger partial charge in [-0.1, -0.05) is 17.7 Å². The summed E-state index contributed by atoms with van der Waals surface area (Å²) in [5.74, 6) is 0. The largest absolute Gasteiger partial charge is 0.418 e. The van der Waals surface area contributed by atoms with Gasteiger partial charge in [-0.15, -0.1) is 0 Å². The molecular weight excluding hydrogens is 251 g/mol. The lowest BCUT2D eigenvalue weighted by atomic mass is 10.1. The number of aliphatic hydroxyl groups is 1. The molecule has 0 aromatic heterocycles. The van der Waals surface area contributed by atoms with E-state index in [-0.39, 0.29) is 5.02 Å². The smallest absolute Gasteiger partial charge is 0.379 e. The molecule has 0 saturated carbocycles. The summed E-state index contributed by atoms with van der Waals surface area (Å²) in [4.78, 5) is 9.48. The number of hydrogen-bond donors (Lipinski definition) is 1. The Labute approximate surface area is 92.4 Å². The Kier molecular flexibility index (Phi) is 3.39. The van der Waals surface area contributed by atoms with Gasteiger partial charge in [-0.2, -0.15) is 13.2 Å². The molecule has 88 valence electrons. The molecule has 0 saturated heterocycles. The van der Waals surface area contributed by atoms with E-state index in [1.54, 1.807) is 0 Å². The van der Waals surface area contributed by atoms with Gasteiger partial charge in [0.05, 0.1) is 4.92 Å². The quantitative estimate of drug-likeness (QED) is 0.653. The lowest BCUT2D eigenvalue weighted by Gasteiger charge is -2.14. The van der Waals surface area contributed by atoms with E-state index >= 15 is 0 Å². The van der Waals surface area contributed by atoms with E-state index in [1.807, 2.05) is 0 Å². The number of nitro groups is 1. The third kappa shape index (κ3) is 2.61. The van der Waals surface area contributed by atoms with E-state index in [0.29, 0.717) is 6.07 Å². The molecule has 1 N–H and O–H groups in total. The molecule has 1 rings (SSSR count). The van der Waals surface area contributed by atoms with Crippen LogP contribution in [-0.2, 0) is 0 Å². The van der Waals surface area contributed by atoms with Crippen molar-refractivity contribution in [3.05, 3.63) is 38.9 Å². The molecule has 0 aliphatic carbocycles. The number of aliphatic hydroxyl groups excluding tert-OH is 1. The first-order valence-electron chi connectivity index (χ1n) is 3.92. The number of nitro benzene ring substituents is 1. The lowest BCUT2D eigenvalue weighted by molar-refractivity contribution is -0.384. The molecule has 0 radical (unpaired) electrons. The lowest BCUT2D eigenvalue weighted by Crippen LogP contribution is -2.20. The Morgan fingerprint density at radius 1 is 1.44 bits per heavy atom. The maximum atomic E-state index is 12.1. The van der Waals surface area contributed by atoms with Crippen molar-refractivity contribution in [2.45, 2.75) is 12.3 Å². The van der Waals surface area contributed by atoms with Crippen LogP contribution in [-0.4, -0.2) is 16.2 Å². The number of benzene rings is 1. The predicted molar refractivity (Wildman–Crippen MR) is 49.1 cm³/mol. The highest BCUT2D eigenvalue weighted by Crippen LogP contribution is 2.35. The number of rotatable bonds is 2. The van der Waals surface area contributed by atoms with E-state index < -0.39 is 28.5 Å². The van der Waals surface area contributed by atoms with Crippen molar-refractivity contribution in [2.75, 3.05) is 0 Å². The zero-order chi connectivity index (χ0) is 12.5. The fourth-order valence-electron chi connectivity index (χ4n) is 1.03. The summed E-state index contributed by atoms with van der Waals surface area (Å²) < 4.78 is 36.3. The number of alkyl halides is 3. The Morgan fingerprint density at radius 2 is 2.00 bits per heavy atom. The van der Waals surface area contributed by atoms with Crippen molar-refractivity contribution in [1.82, 2.24) is 0 Å². The van der Waals surface area contributed by atoms with Gasteiger partial charge in [0.1, 0.15) is 5.02 Å². The molecule has 8 heteroatoms. The minimum atomic E-state index is -4.87. The molecular formula is C8H5ClF3NO3. The van der Waals surface area contributed by atoms with Crippen molar-refractivity contribution in [2.24, 2.45) is 0 Å². The minimum Gasteiger partial charge on any atom is -0.379 e. The van der Waals surface area contributed by atoms with Crippen LogP contribution in [0.4, 0.5) is 18.9 Å². The van der Waals surface area contributed by atoms with Crippen LogP contribution in [0.1, 0.15) is 11.7 Å². The third-order valence-corrected chi connectivity index (χ3v) is 2.11. The van der Waals surface area contributed by atoms with Gasteiger partial charge in [0, 0.05) is 6.07 Å². The highest BCUT2D eigenvalue weighted by molar-refractivity contribution is 6.32. The summed E-state index contributed by atoms with van der Waals surface area (Å²) in [6.45, 7) is 0. The molecule has 0 heterocycles. The van der Waals surface area contributed by atoms with Gasteiger partial charge in [0.25, 0.3) is 5.69 Å². The van der Waals surface area contributed by atoms with Gasteiger partial charge in [-0.25, -0.2) is 0 Å². The Hall–Kier alpha value is -1.34. The molecule has 0 amide bonds. The van der Waals surface area contributed by atoms with E-state index in [9.17, 15) is 23.3 Å². The van der Waals surface area contributed by atoms with Crippen LogP contribution in [0.2, 0.25) is 5.02 Å². The molecule has 0 aliphatic rings. The summed E-state index contributed by atoms with van der Waals surface area (Å²) in [7, 11) is 0. The van der Waals surface area contributed by atoms with Gasteiger partial charge in [0.2, 0.25) is 0 Å². The molecule has 0 unspecified atom stereocenters. The number of halogens is 4. The van der Waals surface area contributed by atoms with E-state index in [1.165, 1.54) is 0 Å². The summed E-state index contributed by atoms with van der Waals surface area (Å²) in [5.41, 5.74) is -1.30. The molecule has 0 fully saturated rings. The van der Waals surface area contributed by atoms with Gasteiger partial charge >= 0.3 is 6.18 Å². The van der Waals surface area contributed by atoms with Crippen molar-refractivity contribution >= 4 is 17.3 Å². The van der Waals surface area contributed by atoms with Gasteiger partial charge in [-0.3, -0.25) is 10.1 Å². The maximum absolute atomic E-state index is 12.1. The summed E-state index contributed by atoms with van der Waals surface area (Å²) in [6.07, 6.45) is -7.63. The van der Waals surface area contributed by atoms with E-state index in [0.717, 1.165) is 12.1 Å². The molecule has 1 atom stereocenters. The predicted octanol–water partition coefficient (Wildman–Crippen LogP) is 2.84. The van der Waals surface area contributed by atoms with Gasteiger partial charge in [-0.05, 0) is 11.6 Å². The fourth-order valence-corrected chi connectivity index (χ4v) is 1.22. The first-order valence-corrected chi connectivity index (χ1v) is 4.30. The average Bonchev–Trinajstić information content (AvgIpc) is 2.15. The topological polar surface area (TPSA) is 63.4 Å². The zero-order valence-electron chi connectivity index (χ0n) is 7.53. The van der Waals surface area contributed by atoms with Crippen molar-refractivity contribution in [3.63, 3.8) is 0 Å². The summed E-state index contributed by atoms with van der Waals surface area (Å²) in [6, 6.07) is 2.41. The zero-order valence-corrected chi connectivity index (χ0v) is 8.29. The molecule has 0 aliphatic heterocycles. The van der Waals surface area contributed by atoms with Crippen LogP contribution < -0.4 is 0 Å². The normalized spacial score (nSPS) is 13.6. The van der Waals surface area contributed by atoms with E-state index in [4.69, 9.17) is 16.7 Å². The van der Waals surface area contributed by atoms with Crippen LogP contribution in [0.5, 0.6) is 0 Å². The minimum absolute atomic E-state index is 0.289. The SMILES string of the molecule is O=[N+]([O-])c1cc([C@@H](O)C(F)(F)F)ccc1Cl. The van der Waals surface area contributed by atoms with Crippen LogP contribution in [0.15, 0.2) is 18.2 Å². The van der Waals surface area contributed by atoms with Crippen LogP contribution >= 0.6 is 11.6 Å². The van der Waals surface area contributed by atoms with Crippen molar-refractivity contribution < 1.29 is 23.2 Å². The number of nitrogens with zero attached hydrogens (tertiary/aromatic N) is 1. The first kappa shape index (κ1) is 12.7. The monoisotopic (exact) mass is 255 g/mol. The van der Waals surface area contributed by atoms with Crippen LogP contribution in [0.3, 0.4) is 0 Å². The Bertz CT molecular complexity index is 421. The fraction of sp³-hybridized carbons (Fsp3) is 0.250. The molecule has 0 bridgehead atoms. The van der Waals surface area contributed by atoms with Crippen molar-refractivity contribution in [3.8, 4) is 0 Å². The Balaban J connectivity index is 3.18. The number of hydrogen-bond acceptors (Lipinski definition) is 3. The van der Waals surface area contributed by atoms with Gasteiger partial charge in [0.15, 0.2) is 6.10 Å². The van der Waals surface area contributed by atoms with Gasteiger partial charge < -0.3 is 5.11 Å². The molecule has 1 aromatic carbocycles.